The van der Waals surface area contributed by atoms with Gasteiger partial charge < -0.3 is 10.4 Å². The van der Waals surface area contributed by atoms with Crippen molar-refractivity contribution < 1.29 is 14.7 Å². The normalized spacial score (nSPS) is 11.0. The van der Waals surface area contributed by atoms with Crippen LogP contribution in [0.5, 0.6) is 0 Å². The summed E-state index contributed by atoms with van der Waals surface area (Å²) in [6.07, 6.45) is 0. The Bertz CT molecular complexity index is 1480. The summed E-state index contributed by atoms with van der Waals surface area (Å²) in [5.41, 5.74) is 0.640. The Kier molecular flexibility index (Phi) is 6.30. The fraction of sp³-hybridized carbons (Fsp3) is 0.130. The lowest BCUT2D eigenvalue weighted by Crippen LogP contribution is -2.38. The molecule has 0 spiro atoms. The van der Waals surface area contributed by atoms with Crippen LogP contribution in [0.25, 0.3) is 10.2 Å². The molecule has 0 bridgehead atoms. The van der Waals surface area contributed by atoms with Gasteiger partial charge in [-0.15, -0.1) is 11.3 Å². The summed E-state index contributed by atoms with van der Waals surface area (Å²) in [4.78, 5) is 50.3. The number of hydrogen-bond donors (Lipinski definition) is 2. The number of fused-ring (bicyclic) bond motifs is 1. The first-order valence-electron chi connectivity index (χ1n) is 9.83. The highest BCUT2D eigenvalue weighted by atomic mass is 79.9. The van der Waals surface area contributed by atoms with E-state index in [0.717, 1.165) is 25.9 Å². The van der Waals surface area contributed by atoms with Crippen LogP contribution in [0.4, 0.5) is 0 Å². The van der Waals surface area contributed by atoms with Gasteiger partial charge in [0.2, 0.25) is 0 Å². The third-order valence-corrected chi connectivity index (χ3v) is 6.88. The molecule has 0 unspecified atom stereocenters. The van der Waals surface area contributed by atoms with Crippen LogP contribution in [0.2, 0.25) is 0 Å². The zero-order valence-electron chi connectivity index (χ0n) is 17.4. The SMILES string of the molecule is Cn1c(=O)n(Cc2ccc(C(=O)O)cc2)c(=O)c2cc(C(=O)NCc3ccc(Br)cc3)sc21. The Morgan fingerprint density at radius 3 is 2.30 bits per heavy atom. The number of benzene rings is 2. The summed E-state index contributed by atoms with van der Waals surface area (Å²) < 4.78 is 3.37. The van der Waals surface area contributed by atoms with Crippen molar-refractivity contribution in [2.24, 2.45) is 7.05 Å². The second kappa shape index (κ2) is 9.16. The van der Waals surface area contributed by atoms with Crippen molar-refractivity contribution in [1.82, 2.24) is 14.5 Å². The molecular formula is C23H18BrN3O5S. The number of carboxylic acid groups (broad SMARTS) is 1. The molecule has 0 saturated heterocycles. The van der Waals surface area contributed by atoms with Gasteiger partial charge >= 0.3 is 11.7 Å². The van der Waals surface area contributed by atoms with Crippen molar-refractivity contribution in [1.29, 1.82) is 0 Å². The molecule has 0 aliphatic rings. The van der Waals surface area contributed by atoms with E-state index in [2.05, 4.69) is 21.2 Å². The molecule has 0 saturated carbocycles. The summed E-state index contributed by atoms with van der Waals surface area (Å²) in [5.74, 6) is -1.39. The molecule has 2 aromatic carbocycles. The monoisotopic (exact) mass is 527 g/mol. The lowest BCUT2D eigenvalue weighted by atomic mass is 10.1. The van der Waals surface area contributed by atoms with Crippen LogP contribution in [-0.2, 0) is 20.1 Å². The zero-order chi connectivity index (χ0) is 23.7. The highest BCUT2D eigenvalue weighted by Gasteiger charge is 2.18. The Balaban J connectivity index is 1.62. The Hall–Kier alpha value is -3.50. The summed E-state index contributed by atoms with van der Waals surface area (Å²) in [7, 11) is 1.55. The Morgan fingerprint density at radius 1 is 1.03 bits per heavy atom. The maximum atomic E-state index is 13.1. The van der Waals surface area contributed by atoms with Crippen LogP contribution in [0.15, 0.2) is 68.7 Å². The van der Waals surface area contributed by atoms with Crippen molar-refractivity contribution in [3.8, 4) is 0 Å². The molecule has 168 valence electrons. The fourth-order valence-electron chi connectivity index (χ4n) is 3.34. The van der Waals surface area contributed by atoms with Crippen LogP contribution >= 0.6 is 27.3 Å². The van der Waals surface area contributed by atoms with Crippen molar-refractivity contribution in [3.05, 3.63) is 101 Å². The Morgan fingerprint density at radius 2 is 1.67 bits per heavy atom. The average Bonchev–Trinajstić information content (AvgIpc) is 3.26. The molecule has 2 aromatic heterocycles. The minimum Gasteiger partial charge on any atom is -0.478 e. The molecule has 0 aliphatic heterocycles. The standard InChI is InChI=1S/C23H18BrN3O5S/c1-26-21-17(10-18(33-21)19(28)25-11-13-4-8-16(24)9-5-13)20(29)27(23(26)32)12-14-2-6-15(7-3-14)22(30)31/h2-10H,11-12H2,1H3,(H,25,28)(H,30,31). The van der Waals surface area contributed by atoms with E-state index in [1.807, 2.05) is 24.3 Å². The van der Waals surface area contributed by atoms with Crippen molar-refractivity contribution in [2.75, 3.05) is 0 Å². The lowest BCUT2D eigenvalue weighted by molar-refractivity contribution is 0.0696. The van der Waals surface area contributed by atoms with E-state index >= 15 is 0 Å². The van der Waals surface area contributed by atoms with Gasteiger partial charge in [-0.3, -0.25) is 18.7 Å². The number of aromatic carboxylic acids is 1. The number of halogens is 1. The second-order valence-corrected chi connectivity index (χ2v) is 9.32. The quantitative estimate of drug-likeness (QED) is 0.400. The molecule has 8 nitrogen and oxygen atoms in total. The van der Waals surface area contributed by atoms with Crippen LogP contribution in [0.3, 0.4) is 0 Å². The molecule has 4 rings (SSSR count). The maximum absolute atomic E-state index is 13.1. The number of carboxylic acids is 1. The molecule has 4 aromatic rings. The Labute approximate surface area is 199 Å². The third kappa shape index (κ3) is 4.67. The molecule has 2 heterocycles. The van der Waals surface area contributed by atoms with Crippen LogP contribution in [0.1, 0.15) is 31.2 Å². The number of aromatic nitrogens is 2. The third-order valence-electron chi connectivity index (χ3n) is 5.14. The van der Waals surface area contributed by atoms with E-state index in [-0.39, 0.29) is 23.4 Å². The predicted molar refractivity (Wildman–Crippen MR) is 129 cm³/mol. The van der Waals surface area contributed by atoms with E-state index in [9.17, 15) is 19.2 Å². The van der Waals surface area contributed by atoms with Crippen molar-refractivity contribution >= 4 is 49.4 Å². The topological polar surface area (TPSA) is 110 Å². The molecule has 0 atom stereocenters. The van der Waals surface area contributed by atoms with Crippen molar-refractivity contribution in [3.63, 3.8) is 0 Å². The molecular weight excluding hydrogens is 510 g/mol. The number of amides is 1. The molecule has 0 aliphatic carbocycles. The minimum absolute atomic E-state index is 0.0116. The van der Waals surface area contributed by atoms with Gasteiger partial charge in [-0.2, -0.15) is 0 Å². The summed E-state index contributed by atoms with van der Waals surface area (Å²) >= 11 is 4.45. The van der Waals surface area contributed by atoms with Gasteiger partial charge in [0.25, 0.3) is 11.5 Å². The fourth-order valence-corrected chi connectivity index (χ4v) is 4.63. The summed E-state index contributed by atoms with van der Waals surface area (Å²) in [6, 6.07) is 15.0. The minimum atomic E-state index is -1.06. The van der Waals surface area contributed by atoms with Gasteiger partial charge in [0.1, 0.15) is 4.83 Å². The number of rotatable bonds is 6. The summed E-state index contributed by atoms with van der Waals surface area (Å²) in [6.45, 7) is 0.318. The zero-order valence-corrected chi connectivity index (χ0v) is 19.8. The highest BCUT2D eigenvalue weighted by molar-refractivity contribution is 9.10. The smallest absolute Gasteiger partial charge is 0.335 e. The predicted octanol–water partition coefficient (Wildman–Crippen LogP) is 3.20. The summed E-state index contributed by atoms with van der Waals surface area (Å²) in [5, 5.41) is 12.1. The van der Waals surface area contributed by atoms with E-state index in [1.54, 1.807) is 19.2 Å². The van der Waals surface area contributed by atoms with Gasteiger partial charge in [-0.25, -0.2) is 9.59 Å². The second-order valence-electron chi connectivity index (χ2n) is 7.37. The van der Waals surface area contributed by atoms with Gasteiger partial charge in [0, 0.05) is 18.1 Å². The highest BCUT2D eigenvalue weighted by Crippen LogP contribution is 2.22. The molecule has 2 N–H and O–H groups in total. The van der Waals surface area contributed by atoms with Crippen LogP contribution in [-0.4, -0.2) is 26.1 Å². The number of hydrogen-bond acceptors (Lipinski definition) is 5. The van der Waals surface area contributed by atoms with Gasteiger partial charge in [0.05, 0.1) is 22.4 Å². The van der Waals surface area contributed by atoms with E-state index in [4.69, 9.17) is 5.11 Å². The first kappa shape index (κ1) is 22.7. The van der Waals surface area contributed by atoms with Crippen molar-refractivity contribution in [2.45, 2.75) is 13.1 Å². The number of carbonyl (C=O) groups excluding carboxylic acids is 1. The maximum Gasteiger partial charge on any atom is 0.335 e. The molecule has 1 amide bonds. The number of nitrogens with zero attached hydrogens (tertiary/aromatic N) is 2. The molecule has 33 heavy (non-hydrogen) atoms. The molecule has 0 fully saturated rings. The first-order valence-corrected chi connectivity index (χ1v) is 11.4. The number of nitrogens with one attached hydrogen (secondary N) is 1. The molecule has 10 heteroatoms. The van der Waals surface area contributed by atoms with Crippen LogP contribution < -0.4 is 16.6 Å². The molecule has 0 radical (unpaired) electrons. The number of aryl methyl sites for hydroxylation is 1. The lowest BCUT2D eigenvalue weighted by Gasteiger charge is -2.08. The van der Waals surface area contributed by atoms with E-state index in [1.165, 1.54) is 22.8 Å². The van der Waals surface area contributed by atoms with E-state index in [0.29, 0.717) is 21.8 Å². The number of thiophene rings is 1. The van der Waals surface area contributed by atoms with Gasteiger partial charge in [0.15, 0.2) is 0 Å². The number of carbonyl (C=O) groups is 2. The van der Waals surface area contributed by atoms with Gasteiger partial charge in [-0.05, 0) is 41.5 Å². The van der Waals surface area contributed by atoms with E-state index < -0.39 is 17.2 Å². The first-order chi connectivity index (χ1) is 15.7. The van der Waals surface area contributed by atoms with Gasteiger partial charge in [-0.1, -0.05) is 40.2 Å². The average molecular weight is 528 g/mol. The largest absolute Gasteiger partial charge is 0.478 e. The van der Waals surface area contributed by atoms with Crippen LogP contribution in [0, 0.1) is 0 Å².